The van der Waals surface area contributed by atoms with Crippen molar-refractivity contribution in [1.82, 2.24) is 4.90 Å². The second kappa shape index (κ2) is 14.7. The lowest BCUT2D eigenvalue weighted by atomic mass is 9.94. The Morgan fingerprint density at radius 2 is 1.40 bits per heavy atom. The summed E-state index contributed by atoms with van der Waals surface area (Å²) < 4.78 is 140. The van der Waals surface area contributed by atoms with Crippen LogP contribution in [0.3, 0.4) is 0 Å². The molecule has 3 nitrogen and oxygen atoms in total. The lowest BCUT2D eigenvalue weighted by Gasteiger charge is -2.40. The summed E-state index contributed by atoms with van der Waals surface area (Å²) in [6.07, 6.45) is -1.20. The first-order valence-electron chi connectivity index (χ1n) is 14.5. The molecule has 1 saturated heterocycles. The third-order valence-corrected chi connectivity index (χ3v) is 9.81. The molecule has 3 aromatic rings. The normalized spacial score (nSPS) is 16.5. The van der Waals surface area contributed by atoms with Gasteiger partial charge in [-0.2, -0.15) is 35.1 Å². The highest BCUT2D eigenvalue weighted by Crippen LogP contribution is 2.59. The van der Waals surface area contributed by atoms with E-state index in [0.29, 0.717) is 80.3 Å². The molecular formula is C32H30ClF10N2OPS. The molecule has 262 valence electrons. The van der Waals surface area contributed by atoms with E-state index in [1.807, 2.05) is 12.1 Å². The number of piperazine rings is 1. The minimum Gasteiger partial charge on any atom is -0.369 e. The van der Waals surface area contributed by atoms with E-state index in [2.05, 4.69) is 9.80 Å². The third-order valence-electron chi connectivity index (χ3n) is 8.05. The van der Waals surface area contributed by atoms with Crippen molar-refractivity contribution >= 4 is 44.6 Å². The highest BCUT2D eigenvalue weighted by molar-refractivity contribution is 7.99. The van der Waals surface area contributed by atoms with Crippen molar-refractivity contribution in [2.75, 3.05) is 43.5 Å². The molecule has 3 aromatic carbocycles. The summed E-state index contributed by atoms with van der Waals surface area (Å²) in [4.78, 5) is 15.6. The molecule has 4 rings (SSSR count). The van der Waals surface area contributed by atoms with E-state index < -0.39 is 47.9 Å². The molecule has 0 bridgehead atoms. The predicted octanol–water partition coefficient (Wildman–Crippen LogP) is 9.68. The van der Waals surface area contributed by atoms with E-state index in [0.717, 1.165) is 17.5 Å². The van der Waals surface area contributed by atoms with E-state index in [9.17, 15) is 48.7 Å². The van der Waals surface area contributed by atoms with Gasteiger partial charge in [0.1, 0.15) is 13.0 Å². The summed E-state index contributed by atoms with van der Waals surface area (Å²) in [6, 6.07) is 18.8. The number of benzene rings is 3. The Labute approximate surface area is 282 Å². The van der Waals surface area contributed by atoms with Crippen LogP contribution in [0, 0.1) is 0 Å². The van der Waals surface area contributed by atoms with Crippen LogP contribution >= 0.6 is 32.6 Å². The number of rotatable bonds is 14. The molecule has 0 aliphatic carbocycles. The van der Waals surface area contributed by atoms with E-state index in [1.54, 1.807) is 48.5 Å². The molecule has 0 radical (unpaired) electrons. The van der Waals surface area contributed by atoms with Crippen molar-refractivity contribution < 1.29 is 48.7 Å². The first-order chi connectivity index (χ1) is 22.4. The Morgan fingerprint density at radius 3 is 1.96 bits per heavy atom. The smallest absolute Gasteiger partial charge is 0.369 e. The minimum atomic E-state index is -6.92. The first kappa shape index (κ1) is 38.3. The van der Waals surface area contributed by atoms with Crippen molar-refractivity contribution in [3.8, 4) is 11.1 Å². The van der Waals surface area contributed by atoms with Crippen LogP contribution in [0.4, 0.5) is 49.6 Å². The van der Waals surface area contributed by atoms with Crippen LogP contribution < -0.4 is 4.90 Å². The Bertz CT molecular complexity index is 1550. The van der Waals surface area contributed by atoms with Gasteiger partial charge in [0.15, 0.2) is 0 Å². The topological polar surface area (TPSA) is 23.6 Å². The number of alkyl halides is 10. The number of carbonyl (C=O) groups is 1. The number of hydrogen-bond acceptors (Lipinski definition) is 4. The molecule has 2 atom stereocenters. The molecule has 1 aliphatic heterocycles. The molecule has 0 N–H and O–H groups in total. The zero-order chi connectivity index (χ0) is 35.5. The number of anilines is 1. The van der Waals surface area contributed by atoms with Crippen LogP contribution in [-0.2, 0) is 6.54 Å². The van der Waals surface area contributed by atoms with Gasteiger partial charge in [0.25, 0.3) is 0 Å². The number of aldehydes is 1. The van der Waals surface area contributed by atoms with Crippen LogP contribution in [0.15, 0.2) is 71.6 Å². The molecule has 1 heterocycles. The predicted molar refractivity (Wildman–Crippen MR) is 171 cm³/mol. The van der Waals surface area contributed by atoms with Crippen LogP contribution in [-0.4, -0.2) is 78.9 Å². The van der Waals surface area contributed by atoms with Gasteiger partial charge in [-0.25, -0.2) is 8.78 Å². The molecule has 0 saturated carbocycles. The van der Waals surface area contributed by atoms with Crippen molar-refractivity contribution in [3.05, 3.63) is 82.9 Å². The van der Waals surface area contributed by atoms with Gasteiger partial charge in [-0.15, -0.1) is 11.8 Å². The van der Waals surface area contributed by atoms with Crippen molar-refractivity contribution in [1.29, 1.82) is 0 Å². The van der Waals surface area contributed by atoms with Gasteiger partial charge in [-0.3, -0.25) is 9.69 Å². The summed E-state index contributed by atoms with van der Waals surface area (Å²) >= 11 is 6.65. The highest BCUT2D eigenvalue weighted by Gasteiger charge is 2.84. The summed E-state index contributed by atoms with van der Waals surface area (Å²) in [5, 5.41) is -4.45. The van der Waals surface area contributed by atoms with Gasteiger partial charge < -0.3 is 4.90 Å². The van der Waals surface area contributed by atoms with E-state index >= 15 is 0 Å². The molecule has 16 heteroatoms. The Hall–Kier alpha value is -2.54. The Kier molecular flexibility index (Phi) is 11.8. The van der Waals surface area contributed by atoms with Crippen LogP contribution in [0.5, 0.6) is 0 Å². The van der Waals surface area contributed by atoms with E-state index in [-0.39, 0.29) is 0 Å². The molecule has 1 aliphatic rings. The molecule has 48 heavy (non-hydrogen) atoms. The second-order valence-electron chi connectivity index (χ2n) is 11.3. The number of hydrogen-bond donors (Lipinski definition) is 0. The quantitative estimate of drug-likeness (QED) is 0.0710. The van der Waals surface area contributed by atoms with Gasteiger partial charge in [0.2, 0.25) is 5.41 Å². The van der Waals surface area contributed by atoms with Crippen LogP contribution in [0.2, 0.25) is 5.02 Å². The van der Waals surface area contributed by atoms with Crippen molar-refractivity contribution in [2.24, 2.45) is 0 Å². The maximum atomic E-state index is 14.5. The first-order valence-corrected chi connectivity index (χ1v) is 16.4. The fourth-order valence-electron chi connectivity index (χ4n) is 5.08. The SMILES string of the molecule is O=Cc1ccc(N2CCN(Cc3ccc(SCCC(F)(F)C(F)(F)C(F)(F)C(F)(F)C(F)(P)CF)cc3-c3ccc(Cl)cc3)CC2)cc1. The van der Waals surface area contributed by atoms with Crippen LogP contribution in [0.1, 0.15) is 22.3 Å². The number of carbonyl (C=O) groups excluding carboxylic acids is 1. The van der Waals surface area contributed by atoms with E-state index in [4.69, 9.17) is 11.6 Å². The lowest BCUT2D eigenvalue weighted by molar-refractivity contribution is -0.379. The summed E-state index contributed by atoms with van der Waals surface area (Å²) in [6.45, 7) is 0.420. The zero-order valence-electron chi connectivity index (χ0n) is 25.0. The van der Waals surface area contributed by atoms with Gasteiger partial charge in [0, 0.05) is 66.1 Å². The van der Waals surface area contributed by atoms with Gasteiger partial charge >= 0.3 is 23.7 Å². The monoisotopic (exact) mass is 746 g/mol. The number of nitrogens with zero attached hydrogens (tertiary/aromatic N) is 2. The minimum absolute atomic E-state index is 0.300. The Balaban J connectivity index is 1.47. The number of halogens is 11. The maximum Gasteiger partial charge on any atom is 0.381 e. The van der Waals surface area contributed by atoms with E-state index in [1.165, 1.54) is 6.07 Å². The molecular weight excluding hydrogens is 717 g/mol. The standard InChI is InChI=1S/C32H30ClF10N2OPS/c33-24-6-3-22(4-7-24)27-17-26(48-16-11-28(35,36)30(38,39)32(42,43)31(40,41)29(37,47)20-34)10-5-23(27)18-44-12-14-45(15-13-44)25-8-1-21(19-46)2-9-25/h1-10,17,19H,11-16,18,20,47H2. The van der Waals surface area contributed by atoms with Crippen LogP contribution in [0.25, 0.3) is 11.1 Å². The molecule has 0 spiro atoms. The summed E-state index contributed by atoms with van der Waals surface area (Å²) in [5.41, 5.74) is 3.75. The summed E-state index contributed by atoms with van der Waals surface area (Å²) in [7, 11) is 0.351. The Morgan fingerprint density at radius 1 is 0.792 bits per heavy atom. The molecule has 2 unspecified atom stereocenters. The van der Waals surface area contributed by atoms with Crippen molar-refractivity contribution in [3.63, 3.8) is 0 Å². The van der Waals surface area contributed by atoms with Gasteiger partial charge in [0.05, 0.1) is 0 Å². The third kappa shape index (κ3) is 7.76. The number of thioether (sulfide) groups is 1. The molecule has 1 fully saturated rings. The highest BCUT2D eigenvalue weighted by atomic mass is 35.5. The van der Waals surface area contributed by atoms with Crippen molar-refractivity contribution in [2.45, 2.75) is 47.0 Å². The fourth-order valence-corrected chi connectivity index (χ4v) is 6.34. The second-order valence-corrected chi connectivity index (χ2v) is 13.8. The summed E-state index contributed by atoms with van der Waals surface area (Å²) in [5.74, 6) is -26.7. The molecule has 0 amide bonds. The van der Waals surface area contributed by atoms with Gasteiger partial charge in [-0.1, -0.05) is 39.0 Å². The average molecular weight is 747 g/mol. The molecule has 0 aromatic heterocycles. The lowest BCUT2D eigenvalue weighted by Crippen LogP contribution is -2.67. The largest absolute Gasteiger partial charge is 0.381 e. The average Bonchev–Trinajstić information content (AvgIpc) is 3.05. The fraction of sp³-hybridized carbons (Fsp3) is 0.406. The van der Waals surface area contributed by atoms with Gasteiger partial charge in [-0.05, 0) is 65.2 Å². The zero-order valence-corrected chi connectivity index (χ0v) is 27.8. The maximum absolute atomic E-state index is 14.5.